The lowest BCUT2D eigenvalue weighted by Crippen LogP contribution is -2.13. The van der Waals surface area contributed by atoms with E-state index in [-0.39, 0.29) is 16.9 Å². The van der Waals surface area contributed by atoms with Crippen LogP contribution in [-0.2, 0) is 0 Å². The number of hydrogen-bond acceptors (Lipinski definition) is 1. The fraction of sp³-hybridized carbons (Fsp3) is 0.500. The van der Waals surface area contributed by atoms with E-state index in [1.165, 1.54) is 6.07 Å². The Balaban J connectivity index is 2.73. The van der Waals surface area contributed by atoms with Crippen LogP contribution >= 0.6 is 11.6 Å². The summed E-state index contributed by atoms with van der Waals surface area (Å²) in [6, 6.07) is 4.71. The van der Waals surface area contributed by atoms with Crippen LogP contribution in [0, 0.1) is 11.7 Å². The highest BCUT2D eigenvalue weighted by Gasteiger charge is 2.13. The Labute approximate surface area is 95.4 Å². The number of nitrogens with two attached hydrogens (primary N) is 1. The summed E-state index contributed by atoms with van der Waals surface area (Å²) in [4.78, 5) is 0. The first-order valence-electron chi connectivity index (χ1n) is 5.22. The molecule has 0 aromatic heterocycles. The predicted molar refractivity (Wildman–Crippen MR) is 62.4 cm³/mol. The molecule has 1 atom stereocenters. The van der Waals surface area contributed by atoms with Crippen molar-refractivity contribution in [3.8, 4) is 0 Å². The second-order valence-electron chi connectivity index (χ2n) is 4.22. The summed E-state index contributed by atoms with van der Waals surface area (Å²) in [6.07, 6.45) is 1.78. The van der Waals surface area contributed by atoms with Crippen LogP contribution in [0.2, 0.25) is 5.02 Å². The number of benzene rings is 1. The molecule has 0 saturated heterocycles. The molecule has 1 aromatic rings. The van der Waals surface area contributed by atoms with E-state index in [1.54, 1.807) is 12.1 Å². The third kappa shape index (κ3) is 3.47. The van der Waals surface area contributed by atoms with Gasteiger partial charge in [-0.05, 0) is 24.8 Å². The minimum Gasteiger partial charge on any atom is -0.324 e. The van der Waals surface area contributed by atoms with Crippen molar-refractivity contribution in [1.82, 2.24) is 0 Å². The first kappa shape index (κ1) is 12.5. The molecule has 0 radical (unpaired) electrons. The van der Waals surface area contributed by atoms with Gasteiger partial charge in [0, 0.05) is 11.6 Å². The molecule has 1 nitrogen and oxygen atoms in total. The van der Waals surface area contributed by atoms with Gasteiger partial charge in [0.1, 0.15) is 5.82 Å². The van der Waals surface area contributed by atoms with Gasteiger partial charge in [-0.1, -0.05) is 37.6 Å². The average molecular weight is 230 g/mol. The van der Waals surface area contributed by atoms with E-state index in [9.17, 15) is 4.39 Å². The molecule has 3 heteroatoms. The molecular formula is C12H17ClFN. The van der Waals surface area contributed by atoms with Crippen LogP contribution in [0.4, 0.5) is 4.39 Å². The van der Waals surface area contributed by atoms with Crippen molar-refractivity contribution < 1.29 is 4.39 Å². The first-order chi connectivity index (χ1) is 7.02. The van der Waals surface area contributed by atoms with Crippen LogP contribution in [0.25, 0.3) is 0 Å². The quantitative estimate of drug-likeness (QED) is 0.832. The molecule has 0 unspecified atom stereocenters. The van der Waals surface area contributed by atoms with Crippen LogP contribution in [0.15, 0.2) is 18.2 Å². The van der Waals surface area contributed by atoms with Gasteiger partial charge >= 0.3 is 0 Å². The number of hydrogen-bond donors (Lipinski definition) is 1. The summed E-state index contributed by atoms with van der Waals surface area (Å²) in [5.74, 6) is 0.203. The molecule has 0 saturated carbocycles. The Kier molecular flexibility index (Phi) is 4.55. The van der Waals surface area contributed by atoms with Crippen molar-refractivity contribution in [1.29, 1.82) is 0 Å². The van der Waals surface area contributed by atoms with Gasteiger partial charge in [-0.3, -0.25) is 0 Å². The highest BCUT2D eigenvalue weighted by Crippen LogP contribution is 2.25. The summed E-state index contributed by atoms with van der Waals surface area (Å²) >= 11 is 5.69. The Morgan fingerprint density at radius 1 is 1.33 bits per heavy atom. The topological polar surface area (TPSA) is 26.0 Å². The molecule has 0 amide bonds. The van der Waals surface area contributed by atoms with Crippen molar-refractivity contribution in [3.63, 3.8) is 0 Å². The molecule has 0 aliphatic rings. The van der Waals surface area contributed by atoms with Crippen LogP contribution in [0.1, 0.15) is 38.3 Å². The Morgan fingerprint density at radius 3 is 2.60 bits per heavy atom. The molecule has 84 valence electrons. The van der Waals surface area contributed by atoms with Gasteiger partial charge in [0.05, 0.1) is 5.02 Å². The molecule has 0 bridgehead atoms. The van der Waals surface area contributed by atoms with Crippen molar-refractivity contribution in [3.05, 3.63) is 34.6 Å². The summed E-state index contributed by atoms with van der Waals surface area (Å²) < 4.78 is 13.6. The van der Waals surface area contributed by atoms with E-state index in [2.05, 4.69) is 13.8 Å². The van der Waals surface area contributed by atoms with Crippen LogP contribution in [0.5, 0.6) is 0 Å². The van der Waals surface area contributed by atoms with E-state index >= 15 is 0 Å². The summed E-state index contributed by atoms with van der Waals surface area (Å²) in [5.41, 5.74) is 6.43. The largest absolute Gasteiger partial charge is 0.324 e. The van der Waals surface area contributed by atoms with Crippen molar-refractivity contribution in [2.45, 2.75) is 32.7 Å². The van der Waals surface area contributed by atoms with E-state index in [4.69, 9.17) is 17.3 Å². The van der Waals surface area contributed by atoms with Gasteiger partial charge in [-0.25, -0.2) is 4.39 Å². The van der Waals surface area contributed by atoms with Gasteiger partial charge < -0.3 is 5.73 Å². The molecular weight excluding hydrogens is 213 g/mol. The zero-order valence-corrected chi connectivity index (χ0v) is 9.89. The van der Waals surface area contributed by atoms with Crippen molar-refractivity contribution >= 4 is 11.6 Å². The zero-order chi connectivity index (χ0) is 11.4. The molecule has 0 heterocycles. The second kappa shape index (κ2) is 5.47. The van der Waals surface area contributed by atoms with E-state index < -0.39 is 0 Å². The molecule has 0 aliphatic heterocycles. The van der Waals surface area contributed by atoms with E-state index in [1.807, 2.05) is 0 Å². The van der Waals surface area contributed by atoms with Crippen LogP contribution in [0.3, 0.4) is 0 Å². The third-order valence-electron chi connectivity index (χ3n) is 2.44. The lowest BCUT2D eigenvalue weighted by atomic mass is 9.98. The maximum Gasteiger partial charge on any atom is 0.146 e. The molecule has 15 heavy (non-hydrogen) atoms. The summed E-state index contributed by atoms with van der Waals surface area (Å²) in [7, 11) is 0. The number of halogens is 2. The maximum absolute atomic E-state index is 13.6. The summed E-state index contributed by atoms with van der Waals surface area (Å²) in [6.45, 7) is 4.25. The standard InChI is InChI=1S/C12H17ClFN/c1-8(2)6-7-11(15)9-4-3-5-10(13)12(9)14/h3-5,8,11H,6-7,15H2,1-2H3/t11-/m1/s1. The zero-order valence-electron chi connectivity index (χ0n) is 9.13. The van der Waals surface area contributed by atoms with Gasteiger partial charge in [0.2, 0.25) is 0 Å². The smallest absolute Gasteiger partial charge is 0.146 e. The van der Waals surface area contributed by atoms with Crippen LogP contribution in [-0.4, -0.2) is 0 Å². The summed E-state index contributed by atoms with van der Waals surface area (Å²) in [5, 5.41) is 0.146. The third-order valence-corrected chi connectivity index (χ3v) is 2.73. The van der Waals surface area contributed by atoms with Crippen molar-refractivity contribution in [2.24, 2.45) is 11.7 Å². The van der Waals surface area contributed by atoms with Gasteiger partial charge in [-0.15, -0.1) is 0 Å². The minimum absolute atomic E-state index is 0.146. The Hall–Kier alpha value is -0.600. The van der Waals surface area contributed by atoms with Gasteiger partial charge in [0.15, 0.2) is 0 Å². The molecule has 0 fully saturated rings. The molecule has 2 N–H and O–H groups in total. The normalized spacial score (nSPS) is 13.2. The predicted octanol–water partition coefficient (Wildman–Crippen LogP) is 3.92. The lowest BCUT2D eigenvalue weighted by molar-refractivity contribution is 0.491. The second-order valence-corrected chi connectivity index (χ2v) is 4.63. The lowest BCUT2D eigenvalue weighted by Gasteiger charge is -2.14. The fourth-order valence-corrected chi connectivity index (χ4v) is 1.66. The Bertz CT molecular complexity index is 325. The molecule has 1 rings (SSSR count). The fourth-order valence-electron chi connectivity index (χ4n) is 1.48. The highest BCUT2D eigenvalue weighted by molar-refractivity contribution is 6.30. The average Bonchev–Trinajstić information content (AvgIpc) is 2.18. The Morgan fingerprint density at radius 2 is 2.00 bits per heavy atom. The molecule has 1 aromatic carbocycles. The number of rotatable bonds is 4. The molecule has 0 spiro atoms. The minimum atomic E-state index is -0.379. The van der Waals surface area contributed by atoms with Crippen molar-refractivity contribution in [2.75, 3.05) is 0 Å². The van der Waals surface area contributed by atoms with Crippen LogP contribution < -0.4 is 5.73 Å². The van der Waals surface area contributed by atoms with E-state index in [0.717, 1.165) is 12.8 Å². The monoisotopic (exact) mass is 229 g/mol. The maximum atomic E-state index is 13.6. The van der Waals surface area contributed by atoms with Gasteiger partial charge in [0.25, 0.3) is 0 Å². The molecule has 0 aliphatic carbocycles. The highest BCUT2D eigenvalue weighted by atomic mass is 35.5. The first-order valence-corrected chi connectivity index (χ1v) is 5.59. The van der Waals surface area contributed by atoms with E-state index in [0.29, 0.717) is 11.5 Å². The van der Waals surface area contributed by atoms with Gasteiger partial charge in [-0.2, -0.15) is 0 Å². The SMILES string of the molecule is CC(C)CC[C@@H](N)c1cccc(Cl)c1F.